The van der Waals surface area contributed by atoms with Crippen LogP contribution in [0.4, 0.5) is 0 Å². The van der Waals surface area contributed by atoms with Crippen molar-refractivity contribution in [2.45, 2.75) is 0 Å². The van der Waals surface area contributed by atoms with E-state index in [9.17, 15) is 0 Å². The van der Waals surface area contributed by atoms with Crippen molar-refractivity contribution in [1.82, 2.24) is 4.90 Å². The molecule has 1 rings (SSSR count). The van der Waals surface area contributed by atoms with Crippen LogP contribution < -0.4 is 0 Å². The van der Waals surface area contributed by atoms with Crippen LogP contribution in [-0.2, 0) is 4.74 Å². The molecule has 60 valence electrons. The van der Waals surface area contributed by atoms with E-state index in [2.05, 4.69) is 17.0 Å². The zero-order valence-corrected chi connectivity index (χ0v) is 7.32. The Hall–Kier alpha value is 0.140. The van der Waals surface area contributed by atoms with Crippen LogP contribution in [0, 0.1) is 0 Å². The highest BCUT2D eigenvalue weighted by Gasteiger charge is 2.08. The predicted molar refractivity (Wildman–Crippen MR) is 47.9 cm³/mol. The maximum absolute atomic E-state index is 5.22. The molecule has 1 aliphatic heterocycles. The SMILES string of the molecule is C=S(C)CN1CCOCC1. The summed E-state index contributed by atoms with van der Waals surface area (Å²) in [5, 5.41) is 0. The molecule has 0 radical (unpaired) electrons. The van der Waals surface area contributed by atoms with Gasteiger partial charge in [0.25, 0.3) is 0 Å². The molecule has 0 amide bonds. The highest BCUT2D eigenvalue weighted by Crippen LogP contribution is 2.07. The van der Waals surface area contributed by atoms with Crippen LogP contribution in [0.3, 0.4) is 0 Å². The van der Waals surface area contributed by atoms with E-state index >= 15 is 0 Å². The molecule has 3 heteroatoms. The lowest BCUT2D eigenvalue weighted by atomic mass is 10.5. The first kappa shape index (κ1) is 8.24. The van der Waals surface area contributed by atoms with Gasteiger partial charge in [-0.3, -0.25) is 4.90 Å². The third kappa shape index (κ3) is 2.82. The molecule has 1 atom stereocenters. The summed E-state index contributed by atoms with van der Waals surface area (Å²) in [5.74, 6) is 5.12. The number of ether oxygens (including phenoxy) is 1. The first-order valence-corrected chi connectivity index (χ1v) is 5.48. The quantitative estimate of drug-likeness (QED) is 0.550. The molecule has 1 saturated heterocycles. The summed E-state index contributed by atoms with van der Waals surface area (Å²) in [5.41, 5.74) is 0. The zero-order valence-electron chi connectivity index (χ0n) is 6.51. The van der Waals surface area contributed by atoms with Gasteiger partial charge in [0.15, 0.2) is 0 Å². The van der Waals surface area contributed by atoms with Crippen molar-refractivity contribution >= 4 is 16.4 Å². The van der Waals surface area contributed by atoms with Gasteiger partial charge in [-0.25, -0.2) is 0 Å². The van der Waals surface area contributed by atoms with Crippen LogP contribution in [0.1, 0.15) is 0 Å². The van der Waals surface area contributed by atoms with Gasteiger partial charge in [0, 0.05) is 19.0 Å². The fourth-order valence-electron chi connectivity index (χ4n) is 1.04. The van der Waals surface area contributed by atoms with Crippen molar-refractivity contribution in [2.24, 2.45) is 0 Å². The Morgan fingerprint density at radius 2 is 2.10 bits per heavy atom. The largest absolute Gasteiger partial charge is 0.379 e. The van der Waals surface area contributed by atoms with Gasteiger partial charge in [-0.1, -0.05) is 5.87 Å². The van der Waals surface area contributed by atoms with Crippen molar-refractivity contribution < 1.29 is 4.74 Å². The molecular weight excluding hydrogens is 146 g/mol. The number of morpholine rings is 1. The lowest BCUT2D eigenvalue weighted by Gasteiger charge is -2.26. The third-order valence-corrected chi connectivity index (χ3v) is 2.31. The van der Waals surface area contributed by atoms with Gasteiger partial charge in [0.05, 0.1) is 13.2 Å². The van der Waals surface area contributed by atoms with Crippen molar-refractivity contribution in [1.29, 1.82) is 0 Å². The van der Waals surface area contributed by atoms with Gasteiger partial charge in [0.2, 0.25) is 0 Å². The highest BCUT2D eigenvalue weighted by molar-refractivity contribution is 8.13. The molecule has 10 heavy (non-hydrogen) atoms. The van der Waals surface area contributed by atoms with E-state index in [-0.39, 0.29) is 0 Å². The lowest BCUT2D eigenvalue weighted by molar-refractivity contribution is 0.0474. The molecule has 1 aliphatic rings. The normalized spacial score (nSPS) is 24.5. The topological polar surface area (TPSA) is 12.5 Å². The Morgan fingerprint density at radius 3 is 2.60 bits per heavy atom. The van der Waals surface area contributed by atoms with Gasteiger partial charge < -0.3 is 4.74 Å². The molecular formula is C7H15NOS. The molecule has 0 bridgehead atoms. The summed E-state index contributed by atoms with van der Waals surface area (Å²) in [6.07, 6.45) is 2.18. The molecule has 1 fully saturated rings. The molecule has 0 aromatic heterocycles. The number of hydrogen-bond donors (Lipinski definition) is 0. The monoisotopic (exact) mass is 161 g/mol. The van der Waals surface area contributed by atoms with E-state index < -0.39 is 0 Å². The first-order chi connectivity index (χ1) is 4.79. The summed E-state index contributed by atoms with van der Waals surface area (Å²) in [7, 11) is 0.307. The van der Waals surface area contributed by atoms with Crippen molar-refractivity contribution in [3.63, 3.8) is 0 Å². The van der Waals surface area contributed by atoms with E-state index in [0.717, 1.165) is 32.2 Å². The van der Waals surface area contributed by atoms with Crippen LogP contribution in [0.15, 0.2) is 0 Å². The van der Waals surface area contributed by atoms with E-state index in [0.29, 0.717) is 10.5 Å². The minimum absolute atomic E-state index is 0.307. The molecule has 0 aromatic carbocycles. The minimum atomic E-state index is 0.307. The van der Waals surface area contributed by atoms with E-state index in [1.54, 1.807) is 0 Å². The summed E-state index contributed by atoms with van der Waals surface area (Å²) < 4.78 is 5.22. The first-order valence-electron chi connectivity index (χ1n) is 3.51. The molecule has 0 spiro atoms. The Morgan fingerprint density at radius 1 is 1.50 bits per heavy atom. The zero-order chi connectivity index (χ0) is 7.40. The molecule has 2 nitrogen and oxygen atoms in total. The van der Waals surface area contributed by atoms with Crippen LogP contribution in [0.25, 0.3) is 0 Å². The fraction of sp³-hybridized carbons (Fsp3) is 0.857. The van der Waals surface area contributed by atoms with Crippen LogP contribution in [0.2, 0.25) is 0 Å². The van der Waals surface area contributed by atoms with Gasteiger partial charge >= 0.3 is 0 Å². The summed E-state index contributed by atoms with van der Waals surface area (Å²) >= 11 is 0. The Balaban J connectivity index is 2.19. The molecule has 1 heterocycles. The van der Waals surface area contributed by atoms with Crippen molar-refractivity contribution in [3.05, 3.63) is 0 Å². The summed E-state index contributed by atoms with van der Waals surface area (Å²) in [6, 6.07) is 0. The van der Waals surface area contributed by atoms with Crippen LogP contribution >= 0.6 is 10.5 Å². The van der Waals surface area contributed by atoms with E-state index in [1.807, 2.05) is 0 Å². The summed E-state index contributed by atoms with van der Waals surface area (Å²) in [6.45, 7) is 3.98. The summed E-state index contributed by atoms with van der Waals surface area (Å²) in [4.78, 5) is 2.42. The lowest BCUT2D eigenvalue weighted by Crippen LogP contribution is -2.36. The van der Waals surface area contributed by atoms with Crippen molar-refractivity contribution in [2.75, 3.05) is 38.4 Å². The Bertz CT molecular complexity index is 121. The third-order valence-electron chi connectivity index (χ3n) is 1.51. The standard InChI is InChI=1S/C7H15NOS/c1-10(2)7-8-3-5-9-6-4-8/h1,3-7H2,2H3. The van der Waals surface area contributed by atoms with Gasteiger partial charge in [-0.15, -0.1) is 0 Å². The Kier molecular flexibility index (Phi) is 3.39. The number of rotatable bonds is 2. The predicted octanol–water partition coefficient (Wildman–Crippen LogP) is 0.607. The second-order valence-electron chi connectivity index (χ2n) is 2.64. The second kappa shape index (κ2) is 4.11. The number of nitrogens with zero attached hydrogens (tertiary/aromatic N) is 1. The Labute approximate surface area is 65.1 Å². The highest BCUT2D eigenvalue weighted by atomic mass is 32.2. The molecule has 0 N–H and O–H groups in total. The average Bonchev–Trinajstić information content (AvgIpc) is 1.88. The molecule has 0 aromatic rings. The van der Waals surface area contributed by atoms with Crippen LogP contribution in [0.5, 0.6) is 0 Å². The van der Waals surface area contributed by atoms with E-state index in [1.165, 1.54) is 0 Å². The molecule has 1 unspecified atom stereocenters. The van der Waals surface area contributed by atoms with E-state index in [4.69, 9.17) is 4.74 Å². The minimum Gasteiger partial charge on any atom is -0.379 e. The van der Waals surface area contributed by atoms with Crippen molar-refractivity contribution in [3.8, 4) is 0 Å². The van der Waals surface area contributed by atoms with Gasteiger partial charge in [0.1, 0.15) is 0 Å². The fourth-order valence-corrected chi connectivity index (χ4v) is 1.92. The second-order valence-corrected chi connectivity index (χ2v) is 4.46. The smallest absolute Gasteiger partial charge is 0.0594 e. The number of hydrogen-bond acceptors (Lipinski definition) is 2. The maximum atomic E-state index is 5.22. The molecule has 0 saturated carbocycles. The van der Waals surface area contributed by atoms with Gasteiger partial charge in [-0.2, -0.15) is 10.5 Å². The molecule has 0 aliphatic carbocycles. The maximum Gasteiger partial charge on any atom is 0.0594 e. The van der Waals surface area contributed by atoms with Gasteiger partial charge in [-0.05, 0) is 6.26 Å². The average molecular weight is 161 g/mol. The van der Waals surface area contributed by atoms with Crippen LogP contribution in [-0.4, -0.2) is 49.2 Å².